The third kappa shape index (κ3) is 3.95. The molecule has 1 heterocycles. The molecule has 0 aliphatic heterocycles. The number of carbonyl (C=O) groups excluding carboxylic acids is 1. The number of rotatable bonds is 6. The van der Waals surface area contributed by atoms with Gasteiger partial charge in [-0.15, -0.1) is 0 Å². The Morgan fingerprint density at radius 1 is 1.38 bits per heavy atom. The van der Waals surface area contributed by atoms with Gasteiger partial charge in [-0.1, -0.05) is 6.92 Å². The zero-order valence-corrected chi connectivity index (χ0v) is 12.8. The molecule has 2 aromatic rings. The highest BCUT2D eigenvalue weighted by molar-refractivity contribution is 5.78. The van der Waals surface area contributed by atoms with Gasteiger partial charge in [-0.25, -0.2) is 4.98 Å². The summed E-state index contributed by atoms with van der Waals surface area (Å²) >= 11 is 0. The average Bonchev–Trinajstić information content (AvgIpc) is 2.80. The SMILES string of the molecule is CCCN(CC(=O)N(C)C)Cc1nc2ccc(N)cc2o1. The lowest BCUT2D eigenvalue weighted by Crippen LogP contribution is -2.36. The molecule has 1 aromatic carbocycles. The van der Waals surface area contributed by atoms with E-state index >= 15 is 0 Å². The van der Waals surface area contributed by atoms with Crippen LogP contribution in [0.2, 0.25) is 0 Å². The van der Waals surface area contributed by atoms with E-state index in [-0.39, 0.29) is 5.91 Å². The van der Waals surface area contributed by atoms with Crippen molar-refractivity contribution in [3.8, 4) is 0 Å². The molecular weight excluding hydrogens is 268 g/mol. The molecule has 0 radical (unpaired) electrons. The van der Waals surface area contributed by atoms with Crippen LogP contribution in [0.1, 0.15) is 19.2 Å². The number of nitrogens with two attached hydrogens (primary N) is 1. The largest absolute Gasteiger partial charge is 0.439 e. The van der Waals surface area contributed by atoms with E-state index in [9.17, 15) is 4.79 Å². The smallest absolute Gasteiger partial charge is 0.236 e. The molecule has 1 aromatic heterocycles. The molecule has 0 aliphatic rings. The zero-order valence-electron chi connectivity index (χ0n) is 12.8. The Bertz CT molecular complexity index is 621. The van der Waals surface area contributed by atoms with Gasteiger partial charge in [0.15, 0.2) is 5.58 Å². The lowest BCUT2D eigenvalue weighted by molar-refractivity contribution is -0.130. The van der Waals surface area contributed by atoms with Crippen LogP contribution < -0.4 is 5.73 Å². The van der Waals surface area contributed by atoms with Crippen molar-refractivity contribution in [3.05, 3.63) is 24.1 Å². The number of fused-ring (bicyclic) bond motifs is 1. The lowest BCUT2D eigenvalue weighted by atomic mass is 10.3. The predicted octanol–water partition coefficient (Wildman–Crippen LogP) is 1.71. The predicted molar refractivity (Wildman–Crippen MR) is 82.7 cm³/mol. The molecule has 114 valence electrons. The van der Waals surface area contributed by atoms with Crippen molar-refractivity contribution in [2.75, 3.05) is 32.9 Å². The maximum Gasteiger partial charge on any atom is 0.236 e. The second-order valence-corrected chi connectivity index (χ2v) is 5.33. The number of hydrogen-bond donors (Lipinski definition) is 1. The van der Waals surface area contributed by atoms with Crippen molar-refractivity contribution < 1.29 is 9.21 Å². The van der Waals surface area contributed by atoms with E-state index in [0.29, 0.717) is 30.3 Å². The van der Waals surface area contributed by atoms with Crippen LogP contribution in [0.15, 0.2) is 22.6 Å². The number of nitrogen functional groups attached to an aromatic ring is 1. The highest BCUT2D eigenvalue weighted by atomic mass is 16.3. The van der Waals surface area contributed by atoms with E-state index in [4.69, 9.17) is 10.2 Å². The summed E-state index contributed by atoms with van der Waals surface area (Å²) in [4.78, 5) is 19.9. The average molecular weight is 290 g/mol. The van der Waals surface area contributed by atoms with Crippen molar-refractivity contribution in [1.82, 2.24) is 14.8 Å². The maximum absolute atomic E-state index is 11.9. The lowest BCUT2D eigenvalue weighted by Gasteiger charge is -2.21. The minimum Gasteiger partial charge on any atom is -0.439 e. The third-order valence-corrected chi connectivity index (χ3v) is 3.21. The van der Waals surface area contributed by atoms with Crippen molar-refractivity contribution in [1.29, 1.82) is 0 Å². The fraction of sp³-hybridized carbons (Fsp3) is 0.467. The van der Waals surface area contributed by atoms with Crippen LogP contribution in [-0.2, 0) is 11.3 Å². The van der Waals surface area contributed by atoms with Crippen LogP contribution in [0.25, 0.3) is 11.1 Å². The van der Waals surface area contributed by atoms with E-state index in [0.717, 1.165) is 18.5 Å². The third-order valence-electron chi connectivity index (χ3n) is 3.21. The number of benzene rings is 1. The van der Waals surface area contributed by atoms with E-state index in [1.54, 1.807) is 31.1 Å². The molecule has 0 saturated carbocycles. The van der Waals surface area contributed by atoms with Crippen LogP contribution in [0, 0.1) is 0 Å². The first-order chi connectivity index (χ1) is 9.99. The van der Waals surface area contributed by atoms with Crippen molar-refractivity contribution in [2.24, 2.45) is 0 Å². The van der Waals surface area contributed by atoms with E-state index in [1.807, 2.05) is 11.0 Å². The summed E-state index contributed by atoms with van der Waals surface area (Å²) in [5.74, 6) is 0.680. The number of aromatic nitrogens is 1. The molecule has 2 N–H and O–H groups in total. The van der Waals surface area contributed by atoms with Crippen molar-refractivity contribution in [3.63, 3.8) is 0 Å². The number of anilines is 1. The highest BCUT2D eigenvalue weighted by Crippen LogP contribution is 2.19. The molecule has 1 amide bonds. The van der Waals surface area contributed by atoms with Gasteiger partial charge in [-0.3, -0.25) is 9.69 Å². The molecule has 0 saturated heterocycles. The molecule has 21 heavy (non-hydrogen) atoms. The quantitative estimate of drug-likeness (QED) is 0.820. The first-order valence-corrected chi connectivity index (χ1v) is 7.07. The Balaban J connectivity index is 2.12. The van der Waals surface area contributed by atoms with Gasteiger partial charge in [-0.2, -0.15) is 0 Å². The summed E-state index contributed by atoms with van der Waals surface area (Å²) < 4.78 is 5.71. The van der Waals surface area contributed by atoms with Crippen molar-refractivity contribution in [2.45, 2.75) is 19.9 Å². The number of nitrogens with zero attached hydrogens (tertiary/aromatic N) is 3. The van der Waals surface area contributed by atoms with Crippen molar-refractivity contribution >= 4 is 22.7 Å². The molecule has 2 rings (SSSR count). The molecule has 0 atom stereocenters. The Morgan fingerprint density at radius 2 is 2.14 bits per heavy atom. The second kappa shape index (κ2) is 6.58. The van der Waals surface area contributed by atoms with Crippen LogP contribution in [0.3, 0.4) is 0 Å². The summed E-state index contributed by atoms with van der Waals surface area (Å²) in [6, 6.07) is 5.40. The minimum atomic E-state index is 0.0730. The van der Waals surface area contributed by atoms with Crippen LogP contribution in [0.5, 0.6) is 0 Å². The Labute approximate surface area is 124 Å². The van der Waals surface area contributed by atoms with Gasteiger partial charge < -0.3 is 15.1 Å². The van der Waals surface area contributed by atoms with Crippen LogP contribution in [0.4, 0.5) is 5.69 Å². The molecule has 0 aliphatic carbocycles. The minimum absolute atomic E-state index is 0.0730. The Morgan fingerprint density at radius 3 is 2.81 bits per heavy atom. The summed E-state index contributed by atoms with van der Waals surface area (Å²) in [6.07, 6.45) is 0.966. The van der Waals surface area contributed by atoms with E-state index in [2.05, 4.69) is 11.9 Å². The first-order valence-electron chi connectivity index (χ1n) is 7.07. The van der Waals surface area contributed by atoms with Gasteiger partial charge in [0.25, 0.3) is 0 Å². The number of amides is 1. The van der Waals surface area contributed by atoms with Gasteiger partial charge in [0.1, 0.15) is 5.52 Å². The number of oxazole rings is 1. The first kappa shape index (κ1) is 15.3. The Hall–Kier alpha value is -2.08. The van der Waals surface area contributed by atoms with E-state index in [1.165, 1.54) is 0 Å². The summed E-state index contributed by atoms with van der Waals surface area (Å²) in [6.45, 7) is 3.78. The van der Waals surface area contributed by atoms with Gasteiger partial charge >= 0.3 is 0 Å². The zero-order chi connectivity index (χ0) is 15.4. The normalized spacial score (nSPS) is 11.2. The van der Waals surface area contributed by atoms with Gasteiger partial charge in [0.05, 0.1) is 13.1 Å². The number of hydrogen-bond acceptors (Lipinski definition) is 5. The standard InChI is InChI=1S/C15H22N4O2/c1-4-7-19(10-15(20)18(2)3)9-14-17-12-6-5-11(16)8-13(12)21-14/h5-6,8H,4,7,9-10,16H2,1-3H3. The fourth-order valence-electron chi connectivity index (χ4n) is 2.11. The monoisotopic (exact) mass is 290 g/mol. The molecule has 0 unspecified atom stereocenters. The summed E-state index contributed by atoms with van der Waals surface area (Å²) in [7, 11) is 3.52. The molecule has 6 nitrogen and oxygen atoms in total. The summed E-state index contributed by atoms with van der Waals surface area (Å²) in [5, 5.41) is 0. The second-order valence-electron chi connectivity index (χ2n) is 5.33. The fourth-order valence-corrected chi connectivity index (χ4v) is 2.11. The molecule has 0 bridgehead atoms. The summed E-state index contributed by atoms with van der Waals surface area (Å²) in [5.41, 5.74) is 7.85. The van der Waals surface area contributed by atoms with Crippen LogP contribution in [-0.4, -0.2) is 47.9 Å². The molecule has 6 heteroatoms. The molecule has 0 spiro atoms. The number of carbonyl (C=O) groups is 1. The van der Waals surface area contributed by atoms with Crippen LogP contribution >= 0.6 is 0 Å². The van der Waals surface area contributed by atoms with E-state index < -0.39 is 0 Å². The Kier molecular flexibility index (Phi) is 4.80. The number of likely N-dealkylation sites (N-methyl/N-ethyl adjacent to an activating group) is 1. The van der Waals surface area contributed by atoms with Gasteiger partial charge in [-0.05, 0) is 25.1 Å². The maximum atomic E-state index is 11.9. The highest BCUT2D eigenvalue weighted by Gasteiger charge is 2.15. The topological polar surface area (TPSA) is 75.6 Å². The van der Waals surface area contributed by atoms with Gasteiger partial charge in [0.2, 0.25) is 11.8 Å². The molecule has 0 fully saturated rings. The molecular formula is C15H22N4O2. The van der Waals surface area contributed by atoms with Gasteiger partial charge in [0, 0.05) is 25.8 Å².